The number of likely N-dealkylation sites (tertiary alicyclic amines) is 1. The molecule has 1 saturated heterocycles. The topological polar surface area (TPSA) is 57.6 Å². The van der Waals surface area contributed by atoms with Crippen molar-refractivity contribution in [3.05, 3.63) is 29.8 Å². The SMILES string of the molecule is CSc1ccc(C(=O)N2CCC(CCC(=O)O)CC2)cc1. The molecule has 0 bridgehead atoms. The van der Waals surface area contributed by atoms with Gasteiger partial charge in [-0.1, -0.05) is 0 Å². The summed E-state index contributed by atoms with van der Waals surface area (Å²) >= 11 is 1.66. The minimum atomic E-state index is -0.734. The first-order valence-electron chi connectivity index (χ1n) is 7.25. The monoisotopic (exact) mass is 307 g/mol. The van der Waals surface area contributed by atoms with E-state index in [0.29, 0.717) is 5.92 Å². The van der Waals surface area contributed by atoms with Crippen LogP contribution in [-0.4, -0.2) is 41.2 Å². The Bertz CT molecular complexity index is 493. The van der Waals surface area contributed by atoms with Gasteiger partial charge in [-0.2, -0.15) is 0 Å². The largest absolute Gasteiger partial charge is 0.481 e. The van der Waals surface area contributed by atoms with Gasteiger partial charge in [0.2, 0.25) is 0 Å². The number of carboxylic acids is 1. The lowest BCUT2D eigenvalue weighted by molar-refractivity contribution is -0.137. The number of amides is 1. The Morgan fingerprint density at radius 3 is 2.38 bits per heavy atom. The van der Waals surface area contributed by atoms with Crippen LogP contribution in [0.15, 0.2) is 29.2 Å². The fraction of sp³-hybridized carbons (Fsp3) is 0.500. The number of nitrogens with zero attached hydrogens (tertiary/aromatic N) is 1. The molecule has 0 atom stereocenters. The van der Waals surface area contributed by atoms with Gasteiger partial charge in [-0.25, -0.2) is 0 Å². The Labute approximate surface area is 129 Å². The van der Waals surface area contributed by atoms with Crippen molar-refractivity contribution >= 4 is 23.6 Å². The number of carbonyl (C=O) groups excluding carboxylic acids is 1. The Morgan fingerprint density at radius 2 is 1.86 bits per heavy atom. The third-order valence-electron chi connectivity index (χ3n) is 4.01. The zero-order valence-corrected chi connectivity index (χ0v) is 13.1. The third-order valence-corrected chi connectivity index (χ3v) is 4.75. The van der Waals surface area contributed by atoms with E-state index in [-0.39, 0.29) is 12.3 Å². The zero-order chi connectivity index (χ0) is 15.2. The molecule has 1 aromatic carbocycles. The summed E-state index contributed by atoms with van der Waals surface area (Å²) in [5.74, 6) is -0.217. The van der Waals surface area contributed by atoms with E-state index in [4.69, 9.17) is 5.11 Å². The van der Waals surface area contributed by atoms with Crippen molar-refractivity contribution in [3.8, 4) is 0 Å². The van der Waals surface area contributed by atoms with Gasteiger partial charge >= 0.3 is 5.97 Å². The molecule has 0 aromatic heterocycles. The van der Waals surface area contributed by atoms with E-state index in [0.717, 1.165) is 42.8 Å². The van der Waals surface area contributed by atoms with Crippen molar-refractivity contribution in [2.75, 3.05) is 19.3 Å². The quantitative estimate of drug-likeness (QED) is 0.849. The zero-order valence-electron chi connectivity index (χ0n) is 12.2. The molecule has 1 aromatic rings. The summed E-state index contributed by atoms with van der Waals surface area (Å²) < 4.78 is 0. The van der Waals surface area contributed by atoms with Gasteiger partial charge in [0, 0.05) is 30.0 Å². The maximum absolute atomic E-state index is 12.4. The lowest BCUT2D eigenvalue weighted by Gasteiger charge is -2.32. The first-order chi connectivity index (χ1) is 10.1. The Morgan fingerprint density at radius 1 is 1.24 bits per heavy atom. The molecule has 5 heteroatoms. The van der Waals surface area contributed by atoms with Gasteiger partial charge in [0.25, 0.3) is 5.91 Å². The number of piperidine rings is 1. The molecule has 0 radical (unpaired) electrons. The lowest BCUT2D eigenvalue weighted by atomic mass is 9.92. The number of hydrogen-bond acceptors (Lipinski definition) is 3. The van der Waals surface area contributed by atoms with Gasteiger partial charge < -0.3 is 10.0 Å². The second-order valence-electron chi connectivity index (χ2n) is 5.40. The van der Waals surface area contributed by atoms with Gasteiger partial charge in [-0.05, 0) is 55.7 Å². The van der Waals surface area contributed by atoms with Crippen molar-refractivity contribution in [3.63, 3.8) is 0 Å². The van der Waals surface area contributed by atoms with Gasteiger partial charge in [0.15, 0.2) is 0 Å². The van der Waals surface area contributed by atoms with E-state index in [1.54, 1.807) is 11.8 Å². The second-order valence-corrected chi connectivity index (χ2v) is 6.28. The molecule has 21 heavy (non-hydrogen) atoms. The Balaban J connectivity index is 1.86. The van der Waals surface area contributed by atoms with E-state index >= 15 is 0 Å². The summed E-state index contributed by atoms with van der Waals surface area (Å²) in [4.78, 5) is 26.0. The van der Waals surface area contributed by atoms with Crippen LogP contribution in [-0.2, 0) is 4.79 Å². The van der Waals surface area contributed by atoms with Crippen LogP contribution >= 0.6 is 11.8 Å². The Kier molecular flexibility index (Phi) is 5.67. The van der Waals surface area contributed by atoms with Crippen molar-refractivity contribution < 1.29 is 14.7 Å². The highest BCUT2D eigenvalue weighted by molar-refractivity contribution is 7.98. The number of rotatable bonds is 5. The number of benzene rings is 1. The molecular weight excluding hydrogens is 286 g/mol. The summed E-state index contributed by atoms with van der Waals surface area (Å²) in [6, 6.07) is 7.70. The first kappa shape index (κ1) is 15.9. The molecule has 4 nitrogen and oxygen atoms in total. The smallest absolute Gasteiger partial charge is 0.303 e. The molecule has 1 amide bonds. The molecule has 1 fully saturated rings. The van der Waals surface area contributed by atoms with Crippen LogP contribution in [0.3, 0.4) is 0 Å². The fourth-order valence-corrected chi connectivity index (χ4v) is 3.08. The van der Waals surface area contributed by atoms with E-state index in [1.165, 1.54) is 0 Å². The lowest BCUT2D eigenvalue weighted by Crippen LogP contribution is -2.38. The van der Waals surface area contributed by atoms with Crippen molar-refractivity contribution in [1.29, 1.82) is 0 Å². The van der Waals surface area contributed by atoms with Crippen molar-refractivity contribution in [2.45, 2.75) is 30.6 Å². The molecule has 114 valence electrons. The summed E-state index contributed by atoms with van der Waals surface area (Å²) in [6.45, 7) is 1.46. The molecule has 1 aliphatic rings. The molecule has 0 spiro atoms. The third kappa shape index (κ3) is 4.49. The van der Waals surface area contributed by atoms with Gasteiger partial charge in [0.1, 0.15) is 0 Å². The summed E-state index contributed by atoms with van der Waals surface area (Å²) in [5.41, 5.74) is 0.733. The predicted octanol–water partition coefficient (Wildman–Crippen LogP) is 3.13. The van der Waals surface area contributed by atoms with E-state index in [9.17, 15) is 9.59 Å². The molecular formula is C16H21NO3S. The van der Waals surface area contributed by atoms with E-state index < -0.39 is 5.97 Å². The average Bonchev–Trinajstić information content (AvgIpc) is 2.53. The maximum atomic E-state index is 12.4. The number of hydrogen-bond donors (Lipinski definition) is 1. The highest BCUT2D eigenvalue weighted by Gasteiger charge is 2.23. The number of thioether (sulfide) groups is 1. The molecule has 0 unspecified atom stereocenters. The molecule has 2 rings (SSSR count). The number of carbonyl (C=O) groups is 2. The highest BCUT2D eigenvalue weighted by atomic mass is 32.2. The standard InChI is InChI=1S/C16H21NO3S/c1-21-14-5-3-13(4-6-14)16(20)17-10-8-12(9-11-17)2-7-15(18)19/h3-6,12H,2,7-11H2,1H3,(H,18,19). The molecule has 0 saturated carbocycles. The van der Waals surface area contributed by atoms with Crippen LogP contribution in [0.5, 0.6) is 0 Å². The minimum Gasteiger partial charge on any atom is -0.481 e. The Hall–Kier alpha value is -1.49. The number of carboxylic acid groups (broad SMARTS) is 1. The number of aliphatic carboxylic acids is 1. The van der Waals surface area contributed by atoms with Crippen LogP contribution in [0.4, 0.5) is 0 Å². The summed E-state index contributed by atoms with van der Waals surface area (Å²) in [5, 5.41) is 8.71. The van der Waals surface area contributed by atoms with Gasteiger partial charge in [-0.3, -0.25) is 9.59 Å². The normalized spacial score (nSPS) is 16.0. The molecule has 1 N–H and O–H groups in total. The van der Waals surface area contributed by atoms with Crippen LogP contribution in [0.25, 0.3) is 0 Å². The molecule has 1 aliphatic heterocycles. The minimum absolute atomic E-state index is 0.0827. The molecule has 0 aliphatic carbocycles. The summed E-state index contributed by atoms with van der Waals surface area (Å²) in [7, 11) is 0. The average molecular weight is 307 g/mol. The van der Waals surface area contributed by atoms with Gasteiger partial charge in [-0.15, -0.1) is 11.8 Å². The fourth-order valence-electron chi connectivity index (χ4n) is 2.67. The van der Waals surface area contributed by atoms with Crippen molar-refractivity contribution in [2.24, 2.45) is 5.92 Å². The highest BCUT2D eigenvalue weighted by Crippen LogP contribution is 2.23. The maximum Gasteiger partial charge on any atom is 0.303 e. The first-order valence-corrected chi connectivity index (χ1v) is 8.47. The van der Waals surface area contributed by atoms with Crippen molar-refractivity contribution in [1.82, 2.24) is 4.90 Å². The molecule has 1 heterocycles. The van der Waals surface area contributed by atoms with Crippen LogP contribution in [0, 0.1) is 5.92 Å². The van der Waals surface area contributed by atoms with E-state index in [1.807, 2.05) is 35.4 Å². The van der Waals surface area contributed by atoms with Crippen LogP contribution in [0.1, 0.15) is 36.0 Å². The van der Waals surface area contributed by atoms with Crippen LogP contribution < -0.4 is 0 Å². The van der Waals surface area contributed by atoms with Gasteiger partial charge in [0.05, 0.1) is 0 Å². The second kappa shape index (κ2) is 7.50. The summed E-state index contributed by atoms with van der Waals surface area (Å²) in [6.07, 6.45) is 4.77. The predicted molar refractivity (Wildman–Crippen MR) is 83.7 cm³/mol. The van der Waals surface area contributed by atoms with E-state index in [2.05, 4.69) is 0 Å². The van der Waals surface area contributed by atoms with Crippen LogP contribution in [0.2, 0.25) is 0 Å².